The molecule has 0 bridgehead atoms. The van der Waals surface area contributed by atoms with Crippen LogP contribution in [0.3, 0.4) is 0 Å². The molecule has 0 aliphatic carbocycles. The van der Waals surface area contributed by atoms with Crippen molar-refractivity contribution in [2.24, 2.45) is 0 Å². The van der Waals surface area contributed by atoms with Gasteiger partial charge in [0, 0.05) is 31.5 Å². The van der Waals surface area contributed by atoms with Gasteiger partial charge in [-0.15, -0.1) is 10.2 Å². The van der Waals surface area contributed by atoms with Crippen LogP contribution < -0.4 is 0 Å². The Morgan fingerprint density at radius 2 is 1.76 bits per heavy atom. The maximum absolute atomic E-state index is 13.4. The third-order valence-corrected chi connectivity index (χ3v) is 4.85. The number of carbonyl (C=O) groups is 1. The Labute approximate surface area is 169 Å². The van der Waals surface area contributed by atoms with Crippen LogP contribution in [0.2, 0.25) is 0 Å². The third kappa shape index (κ3) is 4.13. The Balaban J connectivity index is 1.64. The van der Waals surface area contributed by atoms with E-state index in [0.29, 0.717) is 30.1 Å². The highest BCUT2D eigenvalue weighted by Gasteiger charge is 2.22. The minimum atomic E-state index is -0.155. The first-order chi connectivity index (χ1) is 14.1. The van der Waals surface area contributed by atoms with Crippen molar-refractivity contribution in [1.82, 2.24) is 29.7 Å². The summed E-state index contributed by atoms with van der Waals surface area (Å²) < 4.78 is 1.68. The Bertz CT molecular complexity index is 1120. The molecule has 0 spiro atoms. The summed E-state index contributed by atoms with van der Waals surface area (Å²) >= 11 is 0. The SMILES string of the molecule is Cc1cc2nnc(C(=O)N(CCc3ccccc3)Cc3ccncc3)c(C)n2n1. The van der Waals surface area contributed by atoms with E-state index >= 15 is 0 Å². The van der Waals surface area contributed by atoms with Crippen LogP contribution in [0.1, 0.15) is 33.0 Å². The van der Waals surface area contributed by atoms with Gasteiger partial charge in [-0.2, -0.15) is 5.10 Å². The maximum atomic E-state index is 13.4. The lowest BCUT2D eigenvalue weighted by atomic mass is 10.1. The zero-order chi connectivity index (χ0) is 20.2. The van der Waals surface area contributed by atoms with Crippen LogP contribution in [-0.2, 0) is 13.0 Å². The van der Waals surface area contributed by atoms with Gasteiger partial charge in [-0.25, -0.2) is 4.52 Å². The molecule has 4 rings (SSSR count). The number of fused-ring (bicyclic) bond motifs is 1. The normalized spacial score (nSPS) is 11.0. The lowest BCUT2D eigenvalue weighted by Crippen LogP contribution is -2.34. The zero-order valence-electron chi connectivity index (χ0n) is 16.5. The molecule has 0 radical (unpaired) electrons. The first-order valence-electron chi connectivity index (χ1n) is 9.53. The lowest BCUT2D eigenvalue weighted by Gasteiger charge is -2.23. The van der Waals surface area contributed by atoms with Gasteiger partial charge in [-0.05, 0) is 43.5 Å². The lowest BCUT2D eigenvalue weighted by molar-refractivity contribution is 0.0736. The largest absolute Gasteiger partial charge is 0.333 e. The molecular formula is C22H22N6O. The second-order valence-corrected chi connectivity index (χ2v) is 7.01. The summed E-state index contributed by atoms with van der Waals surface area (Å²) in [4.78, 5) is 19.3. The summed E-state index contributed by atoms with van der Waals surface area (Å²) in [5.41, 5.74) is 4.69. The van der Waals surface area contributed by atoms with Crippen LogP contribution in [-0.4, -0.2) is 42.1 Å². The fourth-order valence-electron chi connectivity index (χ4n) is 3.29. The molecular weight excluding hydrogens is 364 g/mol. The molecule has 29 heavy (non-hydrogen) atoms. The molecule has 3 heterocycles. The Morgan fingerprint density at radius 1 is 1.00 bits per heavy atom. The average molecular weight is 386 g/mol. The van der Waals surface area contributed by atoms with Gasteiger partial charge in [-0.3, -0.25) is 9.78 Å². The van der Waals surface area contributed by atoms with E-state index in [2.05, 4.69) is 32.4 Å². The summed E-state index contributed by atoms with van der Waals surface area (Å²) in [6.45, 7) is 4.79. The molecule has 0 saturated carbocycles. The van der Waals surface area contributed by atoms with E-state index in [1.54, 1.807) is 16.9 Å². The molecule has 4 aromatic rings. The van der Waals surface area contributed by atoms with Crippen molar-refractivity contribution in [3.05, 3.63) is 89.1 Å². The summed E-state index contributed by atoms with van der Waals surface area (Å²) in [5.74, 6) is -0.155. The fraction of sp³-hybridized carbons (Fsp3) is 0.227. The van der Waals surface area contributed by atoms with Crippen molar-refractivity contribution < 1.29 is 4.79 Å². The topological polar surface area (TPSA) is 76.3 Å². The van der Waals surface area contributed by atoms with Gasteiger partial charge < -0.3 is 4.90 Å². The van der Waals surface area contributed by atoms with E-state index in [4.69, 9.17) is 0 Å². The molecule has 0 aliphatic heterocycles. The van der Waals surface area contributed by atoms with Crippen molar-refractivity contribution >= 4 is 11.6 Å². The van der Waals surface area contributed by atoms with Gasteiger partial charge in [-0.1, -0.05) is 30.3 Å². The van der Waals surface area contributed by atoms with Crippen LogP contribution in [0.25, 0.3) is 5.65 Å². The molecule has 0 unspecified atom stereocenters. The summed E-state index contributed by atoms with van der Waals surface area (Å²) in [6.07, 6.45) is 4.23. The number of aromatic nitrogens is 5. The predicted octanol–water partition coefficient (Wildman–Crippen LogP) is 3.02. The molecule has 146 valence electrons. The summed E-state index contributed by atoms with van der Waals surface area (Å²) in [7, 11) is 0. The minimum Gasteiger partial charge on any atom is -0.333 e. The second-order valence-electron chi connectivity index (χ2n) is 7.01. The maximum Gasteiger partial charge on any atom is 0.276 e. The van der Waals surface area contributed by atoms with Gasteiger partial charge in [0.1, 0.15) is 0 Å². The quantitative estimate of drug-likeness (QED) is 0.509. The standard InChI is InChI=1S/C22H22N6O/c1-16-14-20-24-25-21(17(2)28(20)26-16)22(29)27(15-19-8-11-23-12-9-19)13-10-18-6-4-3-5-7-18/h3-9,11-12,14H,10,13,15H2,1-2H3. The van der Waals surface area contributed by atoms with Crippen molar-refractivity contribution in [2.75, 3.05) is 6.54 Å². The zero-order valence-corrected chi connectivity index (χ0v) is 16.5. The van der Waals surface area contributed by atoms with Crippen molar-refractivity contribution in [3.8, 4) is 0 Å². The van der Waals surface area contributed by atoms with Crippen molar-refractivity contribution in [3.63, 3.8) is 0 Å². The van der Waals surface area contributed by atoms with Crippen LogP contribution in [0.15, 0.2) is 60.9 Å². The molecule has 7 nitrogen and oxygen atoms in total. The molecule has 0 aliphatic rings. The third-order valence-electron chi connectivity index (χ3n) is 4.85. The minimum absolute atomic E-state index is 0.155. The molecule has 1 aromatic carbocycles. The van der Waals surface area contributed by atoms with Gasteiger partial charge >= 0.3 is 0 Å². The first kappa shape index (κ1) is 18.7. The number of nitrogens with zero attached hydrogens (tertiary/aromatic N) is 6. The Morgan fingerprint density at radius 3 is 2.52 bits per heavy atom. The highest BCUT2D eigenvalue weighted by atomic mass is 16.2. The molecule has 1 amide bonds. The first-order valence-corrected chi connectivity index (χ1v) is 9.53. The smallest absolute Gasteiger partial charge is 0.276 e. The van der Waals surface area contributed by atoms with E-state index in [0.717, 1.165) is 17.7 Å². The average Bonchev–Trinajstić information content (AvgIpc) is 3.14. The summed E-state index contributed by atoms with van der Waals surface area (Å²) in [5, 5.41) is 12.8. The fourth-order valence-corrected chi connectivity index (χ4v) is 3.29. The van der Waals surface area contributed by atoms with Crippen LogP contribution in [0.5, 0.6) is 0 Å². The predicted molar refractivity (Wildman–Crippen MR) is 109 cm³/mol. The van der Waals surface area contributed by atoms with E-state index in [-0.39, 0.29) is 5.91 Å². The van der Waals surface area contributed by atoms with Crippen LogP contribution in [0, 0.1) is 13.8 Å². The van der Waals surface area contributed by atoms with E-state index in [9.17, 15) is 4.79 Å². The number of hydrogen-bond acceptors (Lipinski definition) is 5. The Hall–Kier alpha value is -3.61. The van der Waals surface area contributed by atoms with E-state index < -0.39 is 0 Å². The number of hydrogen-bond donors (Lipinski definition) is 0. The van der Waals surface area contributed by atoms with E-state index in [1.807, 2.05) is 55.1 Å². The molecule has 0 N–H and O–H groups in total. The number of amides is 1. The molecule has 7 heteroatoms. The second kappa shape index (κ2) is 8.18. The van der Waals surface area contributed by atoms with Crippen LogP contribution >= 0.6 is 0 Å². The molecule has 0 atom stereocenters. The van der Waals surface area contributed by atoms with Gasteiger partial charge in [0.25, 0.3) is 5.91 Å². The highest BCUT2D eigenvalue weighted by Crippen LogP contribution is 2.14. The molecule has 0 saturated heterocycles. The molecule has 0 fully saturated rings. The number of carbonyl (C=O) groups excluding carboxylic acids is 1. The van der Waals surface area contributed by atoms with Gasteiger partial charge in [0.15, 0.2) is 11.3 Å². The van der Waals surface area contributed by atoms with Crippen molar-refractivity contribution in [2.45, 2.75) is 26.8 Å². The number of aryl methyl sites for hydroxylation is 2. The highest BCUT2D eigenvalue weighted by molar-refractivity contribution is 5.93. The van der Waals surface area contributed by atoms with Crippen molar-refractivity contribution in [1.29, 1.82) is 0 Å². The number of pyridine rings is 1. The van der Waals surface area contributed by atoms with Gasteiger partial charge in [0.05, 0.1) is 11.4 Å². The monoisotopic (exact) mass is 386 g/mol. The van der Waals surface area contributed by atoms with Crippen LogP contribution in [0.4, 0.5) is 0 Å². The Kier molecular flexibility index (Phi) is 5.29. The van der Waals surface area contributed by atoms with E-state index in [1.165, 1.54) is 5.56 Å². The summed E-state index contributed by atoms with van der Waals surface area (Å²) in [6, 6.07) is 15.8. The van der Waals surface area contributed by atoms with Gasteiger partial charge in [0.2, 0.25) is 0 Å². The molecule has 3 aromatic heterocycles. The number of rotatable bonds is 6. The number of benzene rings is 1.